The molecule has 1 heterocycles. The van der Waals surface area contributed by atoms with Gasteiger partial charge in [0.15, 0.2) is 11.5 Å². The molecule has 2 aliphatic rings. The quantitative estimate of drug-likeness (QED) is 0.125. The molecule has 38 heavy (non-hydrogen) atoms. The maximum Gasteiger partial charge on any atom is 0.223 e. The summed E-state index contributed by atoms with van der Waals surface area (Å²) in [5, 5.41) is 36.5. The number of amides is 1. The molecule has 1 aliphatic heterocycles. The number of phenols is 2. The number of hydrogen-bond donors (Lipinski definition) is 5. The van der Waals surface area contributed by atoms with Gasteiger partial charge in [-0.1, -0.05) is 63.1 Å². The van der Waals surface area contributed by atoms with Gasteiger partial charge < -0.3 is 26.0 Å². The van der Waals surface area contributed by atoms with E-state index in [-0.39, 0.29) is 23.3 Å². The Bertz CT molecular complexity index is 926. The summed E-state index contributed by atoms with van der Waals surface area (Å²) in [6.45, 7) is 10.8. The highest BCUT2D eigenvalue weighted by atomic mass is 16.3. The zero-order valence-electron chi connectivity index (χ0n) is 23.6. The van der Waals surface area contributed by atoms with Gasteiger partial charge in [0, 0.05) is 12.5 Å². The lowest BCUT2D eigenvalue weighted by Gasteiger charge is -2.40. The van der Waals surface area contributed by atoms with Gasteiger partial charge >= 0.3 is 0 Å². The van der Waals surface area contributed by atoms with Gasteiger partial charge in [0.25, 0.3) is 0 Å². The molecule has 0 bridgehead atoms. The highest BCUT2D eigenvalue weighted by Gasteiger charge is 2.37. The molecular weight excluding hydrogens is 476 g/mol. The fourth-order valence-corrected chi connectivity index (χ4v) is 5.39. The Morgan fingerprint density at radius 2 is 2.03 bits per heavy atom. The van der Waals surface area contributed by atoms with Crippen LogP contribution in [0.15, 0.2) is 54.7 Å². The van der Waals surface area contributed by atoms with Crippen LogP contribution in [0.1, 0.15) is 83.6 Å². The highest BCUT2D eigenvalue weighted by Crippen LogP contribution is 2.39. The first-order chi connectivity index (χ1) is 18.3. The number of allylic oxidation sites excluding steroid dienone is 5. The number of rotatable bonds is 13. The number of carbonyl (C=O) groups excluding carboxylic acids is 1. The van der Waals surface area contributed by atoms with Crippen LogP contribution >= 0.6 is 0 Å². The summed E-state index contributed by atoms with van der Waals surface area (Å²) in [7, 11) is 0. The van der Waals surface area contributed by atoms with E-state index in [2.05, 4.69) is 24.1 Å². The molecule has 1 aromatic carbocycles. The SMILES string of the molecule is C=C/C(=C\C=C/C)CC1CCNC1=O.CCCCNCCC1CCCCC1(O)CCc1ccc(O)c(O)c1. The third kappa shape index (κ3) is 10.7. The van der Waals surface area contributed by atoms with E-state index in [0.717, 1.165) is 82.1 Å². The monoisotopic (exact) mass is 526 g/mol. The fourth-order valence-electron chi connectivity index (χ4n) is 5.39. The molecular formula is C32H50N2O4. The van der Waals surface area contributed by atoms with Crippen LogP contribution in [0.2, 0.25) is 0 Å². The third-order valence-electron chi connectivity index (χ3n) is 7.85. The molecule has 1 aliphatic carbocycles. The van der Waals surface area contributed by atoms with Crippen molar-refractivity contribution in [1.29, 1.82) is 0 Å². The van der Waals surface area contributed by atoms with Gasteiger partial charge in [0.1, 0.15) is 0 Å². The predicted molar refractivity (Wildman–Crippen MR) is 156 cm³/mol. The molecule has 1 saturated carbocycles. The van der Waals surface area contributed by atoms with Crippen LogP contribution in [0, 0.1) is 11.8 Å². The van der Waals surface area contributed by atoms with Crippen molar-refractivity contribution >= 4 is 5.91 Å². The first kappa shape index (κ1) is 31.6. The second kappa shape index (κ2) is 17.1. The lowest BCUT2D eigenvalue weighted by Crippen LogP contribution is -2.42. The van der Waals surface area contributed by atoms with Crippen molar-refractivity contribution in [3.05, 3.63) is 60.2 Å². The Hall–Kier alpha value is -2.57. The van der Waals surface area contributed by atoms with Gasteiger partial charge in [-0.05, 0) is 101 Å². The largest absolute Gasteiger partial charge is 0.504 e. The summed E-state index contributed by atoms with van der Waals surface area (Å²) in [5.74, 6) is 0.500. The number of aromatic hydroxyl groups is 2. The number of aliphatic hydroxyl groups is 1. The molecule has 6 heteroatoms. The minimum absolute atomic E-state index is 0.0835. The van der Waals surface area contributed by atoms with Gasteiger partial charge in [-0.15, -0.1) is 0 Å². The number of carbonyl (C=O) groups is 1. The van der Waals surface area contributed by atoms with E-state index in [1.54, 1.807) is 6.07 Å². The zero-order chi connectivity index (χ0) is 27.8. The van der Waals surface area contributed by atoms with Crippen molar-refractivity contribution < 1.29 is 20.1 Å². The van der Waals surface area contributed by atoms with Crippen LogP contribution < -0.4 is 10.6 Å². The summed E-state index contributed by atoms with van der Waals surface area (Å²) in [6, 6.07) is 4.94. The van der Waals surface area contributed by atoms with E-state index in [4.69, 9.17) is 0 Å². The van der Waals surface area contributed by atoms with Crippen molar-refractivity contribution in [1.82, 2.24) is 10.6 Å². The van der Waals surface area contributed by atoms with E-state index < -0.39 is 5.60 Å². The van der Waals surface area contributed by atoms with E-state index in [0.29, 0.717) is 5.92 Å². The molecule has 0 aromatic heterocycles. The first-order valence-electron chi connectivity index (χ1n) is 14.5. The van der Waals surface area contributed by atoms with Crippen LogP contribution in [0.3, 0.4) is 0 Å². The summed E-state index contributed by atoms with van der Waals surface area (Å²) < 4.78 is 0. The average Bonchev–Trinajstić information content (AvgIpc) is 3.32. The number of nitrogens with one attached hydrogen (secondary N) is 2. The number of hydrogen-bond acceptors (Lipinski definition) is 5. The molecule has 1 saturated heterocycles. The maximum absolute atomic E-state index is 11.3. The standard InChI is InChI=1S/C20H33NO3.C12H17NO/c1-2-3-13-21-14-10-17-6-4-5-11-20(17,24)12-9-16-7-8-18(22)19(23)15-16;1-3-5-6-10(4-2)9-11-7-8-13-12(11)14/h7-8,15,17,21-24H,2-6,9-14H2,1H3;3-6,11H,2,7-9H2,1H3,(H,13,14)/b;5-3-,10-6+. The molecule has 5 N–H and O–H groups in total. The molecule has 3 unspecified atom stereocenters. The average molecular weight is 527 g/mol. The van der Waals surface area contributed by atoms with Crippen molar-refractivity contribution in [3.63, 3.8) is 0 Å². The number of phenolic OH excluding ortho intramolecular Hbond substituents is 2. The van der Waals surface area contributed by atoms with Crippen LogP contribution in [0.25, 0.3) is 0 Å². The number of aryl methyl sites for hydroxylation is 1. The molecule has 212 valence electrons. The highest BCUT2D eigenvalue weighted by molar-refractivity contribution is 5.80. The molecule has 1 aromatic rings. The summed E-state index contributed by atoms with van der Waals surface area (Å²) in [6.07, 6.45) is 18.7. The smallest absolute Gasteiger partial charge is 0.223 e. The zero-order valence-corrected chi connectivity index (χ0v) is 23.6. The Morgan fingerprint density at radius 3 is 2.68 bits per heavy atom. The van der Waals surface area contributed by atoms with Crippen molar-refractivity contribution in [2.24, 2.45) is 11.8 Å². The molecule has 2 fully saturated rings. The second-order valence-electron chi connectivity index (χ2n) is 10.7. The van der Waals surface area contributed by atoms with Crippen LogP contribution in [-0.2, 0) is 11.2 Å². The molecule has 0 spiro atoms. The van der Waals surface area contributed by atoms with Crippen LogP contribution in [0.4, 0.5) is 0 Å². The van der Waals surface area contributed by atoms with E-state index in [1.807, 2.05) is 37.3 Å². The fraction of sp³-hybridized carbons (Fsp3) is 0.594. The summed E-state index contributed by atoms with van der Waals surface area (Å²) in [4.78, 5) is 11.3. The lowest BCUT2D eigenvalue weighted by molar-refractivity contribution is -0.122. The minimum Gasteiger partial charge on any atom is -0.504 e. The van der Waals surface area contributed by atoms with Crippen LogP contribution in [-0.4, -0.2) is 46.5 Å². The van der Waals surface area contributed by atoms with Crippen LogP contribution in [0.5, 0.6) is 11.5 Å². The summed E-state index contributed by atoms with van der Waals surface area (Å²) in [5.41, 5.74) is 1.49. The van der Waals surface area contributed by atoms with Crippen molar-refractivity contribution in [2.75, 3.05) is 19.6 Å². The first-order valence-corrected chi connectivity index (χ1v) is 14.5. The molecule has 6 nitrogen and oxygen atoms in total. The molecule has 3 atom stereocenters. The third-order valence-corrected chi connectivity index (χ3v) is 7.85. The van der Waals surface area contributed by atoms with Crippen molar-refractivity contribution in [2.45, 2.75) is 90.1 Å². The van der Waals surface area contributed by atoms with Gasteiger partial charge in [-0.2, -0.15) is 0 Å². The summed E-state index contributed by atoms with van der Waals surface area (Å²) >= 11 is 0. The van der Waals surface area contributed by atoms with Gasteiger partial charge in [-0.25, -0.2) is 0 Å². The normalized spacial score (nSPS) is 23.7. The van der Waals surface area contributed by atoms with Gasteiger partial charge in [0.05, 0.1) is 5.60 Å². The Kier molecular flexibility index (Phi) is 14.2. The minimum atomic E-state index is -0.599. The molecule has 0 radical (unpaired) electrons. The second-order valence-corrected chi connectivity index (χ2v) is 10.7. The predicted octanol–water partition coefficient (Wildman–Crippen LogP) is 5.93. The topological polar surface area (TPSA) is 102 Å². The van der Waals surface area contributed by atoms with E-state index in [9.17, 15) is 20.1 Å². The number of unbranched alkanes of at least 4 members (excludes halogenated alkanes) is 1. The Morgan fingerprint density at radius 1 is 1.21 bits per heavy atom. The molecule has 3 rings (SSSR count). The number of benzene rings is 1. The van der Waals surface area contributed by atoms with Gasteiger partial charge in [0.2, 0.25) is 5.91 Å². The van der Waals surface area contributed by atoms with Gasteiger partial charge in [-0.3, -0.25) is 4.79 Å². The maximum atomic E-state index is 11.3. The Labute approximate surface area is 229 Å². The van der Waals surface area contributed by atoms with E-state index in [1.165, 1.54) is 25.3 Å². The Balaban J connectivity index is 0.000000308. The van der Waals surface area contributed by atoms with E-state index >= 15 is 0 Å². The lowest BCUT2D eigenvalue weighted by atomic mass is 9.71. The molecule has 1 amide bonds. The van der Waals surface area contributed by atoms with Crippen molar-refractivity contribution in [3.8, 4) is 11.5 Å².